The van der Waals surface area contributed by atoms with Crippen LogP contribution in [0, 0.1) is 5.82 Å². The number of halogens is 2. The molecule has 5 rings (SSSR count). The second-order valence-corrected chi connectivity index (χ2v) is 11.0. The number of aromatic hydroxyl groups is 1. The maximum Gasteiger partial charge on any atom is 0.246 e. The number of aliphatic imine (C=N–C) groups is 1. The summed E-state index contributed by atoms with van der Waals surface area (Å²) in [5.41, 5.74) is 2.89. The number of phenolic OH excluding ortho intramolecular Hbond substituents is 1. The lowest BCUT2D eigenvalue weighted by atomic mass is 9.99. The van der Waals surface area contributed by atoms with Crippen LogP contribution in [0.5, 0.6) is 5.75 Å². The van der Waals surface area contributed by atoms with Gasteiger partial charge in [0.25, 0.3) is 0 Å². The van der Waals surface area contributed by atoms with Crippen LogP contribution in [-0.4, -0.2) is 63.5 Å². The number of nitrogens with zero attached hydrogens (tertiary/aromatic N) is 5. The molecule has 2 atom stereocenters. The number of anilines is 2. The first-order valence-electron chi connectivity index (χ1n) is 13.4. The van der Waals surface area contributed by atoms with E-state index in [1.807, 2.05) is 34.9 Å². The number of aromatic nitrogens is 1. The van der Waals surface area contributed by atoms with E-state index < -0.39 is 5.82 Å². The molecule has 1 aromatic heterocycles. The van der Waals surface area contributed by atoms with Gasteiger partial charge in [-0.25, -0.2) is 14.4 Å². The summed E-state index contributed by atoms with van der Waals surface area (Å²) in [6.07, 6.45) is 1.35. The molecule has 3 heterocycles. The molecule has 2 aliphatic rings. The van der Waals surface area contributed by atoms with Crippen LogP contribution in [0.4, 0.5) is 15.9 Å². The molecule has 9 heteroatoms. The van der Waals surface area contributed by atoms with Crippen LogP contribution in [0.15, 0.2) is 66.2 Å². The molecular weight excluding hydrogens is 529 g/mol. The van der Waals surface area contributed by atoms with Crippen LogP contribution in [0.1, 0.15) is 44.7 Å². The molecule has 1 saturated heterocycles. The van der Waals surface area contributed by atoms with E-state index in [9.17, 15) is 14.3 Å². The summed E-state index contributed by atoms with van der Waals surface area (Å²) in [4.78, 5) is 28.4. The summed E-state index contributed by atoms with van der Waals surface area (Å²) >= 11 is 6.77. The van der Waals surface area contributed by atoms with Crippen LogP contribution < -0.4 is 4.90 Å². The molecule has 1 N–H and O–H groups in total. The third kappa shape index (κ3) is 4.81. The van der Waals surface area contributed by atoms with Gasteiger partial charge >= 0.3 is 0 Å². The first kappa shape index (κ1) is 27.6. The minimum absolute atomic E-state index is 0.0322. The van der Waals surface area contributed by atoms with Crippen molar-refractivity contribution in [1.29, 1.82) is 0 Å². The fourth-order valence-corrected chi connectivity index (χ4v) is 5.81. The molecule has 2 aliphatic heterocycles. The van der Waals surface area contributed by atoms with Gasteiger partial charge in [0.1, 0.15) is 29.9 Å². The summed E-state index contributed by atoms with van der Waals surface area (Å²) in [6.45, 7) is 13.3. The number of pyridine rings is 1. The molecule has 0 saturated carbocycles. The van der Waals surface area contributed by atoms with Crippen molar-refractivity contribution in [2.45, 2.75) is 45.7 Å². The fraction of sp³-hybridized carbons (Fsp3) is 0.323. The van der Waals surface area contributed by atoms with E-state index in [4.69, 9.17) is 21.6 Å². The first-order chi connectivity index (χ1) is 19.1. The molecular formula is C31H33ClFN5O2. The van der Waals surface area contributed by atoms with Gasteiger partial charge in [-0.05, 0) is 55.7 Å². The van der Waals surface area contributed by atoms with Crippen molar-refractivity contribution >= 4 is 34.8 Å². The molecule has 0 spiro atoms. The number of amides is 1. The zero-order chi connectivity index (χ0) is 28.7. The zero-order valence-corrected chi connectivity index (χ0v) is 23.9. The Labute approximate surface area is 239 Å². The number of carbonyl (C=O) groups is 1. The third-order valence-corrected chi connectivity index (χ3v) is 7.90. The van der Waals surface area contributed by atoms with E-state index in [1.54, 1.807) is 6.07 Å². The lowest BCUT2D eigenvalue weighted by molar-refractivity contribution is -0.130. The highest BCUT2D eigenvalue weighted by Gasteiger charge is 2.37. The van der Waals surface area contributed by atoms with Gasteiger partial charge in [0, 0.05) is 30.9 Å². The van der Waals surface area contributed by atoms with Gasteiger partial charge in [-0.2, -0.15) is 0 Å². The fourth-order valence-electron chi connectivity index (χ4n) is 5.57. The first-order valence-corrected chi connectivity index (χ1v) is 13.8. The minimum atomic E-state index is -0.612. The van der Waals surface area contributed by atoms with Crippen molar-refractivity contribution < 1.29 is 14.3 Å². The molecule has 7 nitrogen and oxygen atoms in total. The van der Waals surface area contributed by atoms with E-state index in [-0.39, 0.29) is 52.6 Å². The zero-order valence-electron chi connectivity index (χ0n) is 23.1. The van der Waals surface area contributed by atoms with E-state index in [0.29, 0.717) is 24.5 Å². The second-order valence-electron chi connectivity index (χ2n) is 10.6. The maximum absolute atomic E-state index is 15.0. The monoisotopic (exact) mass is 561 g/mol. The molecule has 3 aromatic rings. The summed E-state index contributed by atoms with van der Waals surface area (Å²) in [5.74, 6) is 0.586. The highest BCUT2D eigenvalue weighted by Crippen LogP contribution is 2.42. The smallest absolute Gasteiger partial charge is 0.246 e. The number of hydrogen-bond donors (Lipinski definition) is 1. The minimum Gasteiger partial charge on any atom is -0.507 e. The molecule has 2 aromatic carbocycles. The number of carbonyl (C=O) groups excluding carboxylic acids is 1. The Kier molecular flexibility index (Phi) is 7.55. The van der Waals surface area contributed by atoms with Crippen molar-refractivity contribution in [3.63, 3.8) is 0 Å². The van der Waals surface area contributed by atoms with E-state index in [1.165, 1.54) is 24.3 Å². The van der Waals surface area contributed by atoms with Crippen molar-refractivity contribution in [3.8, 4) is 17.0 Å². The Balaban J connectivity index is 1.67. The number of hydrogen-bond acceptors (Lipinski definition) is 6. The van der Waals surface area contributed by atoms with Gasteiger partial charge in [-0.1, -0.05) is 56.3 Å². The molecule has 0 unspecified atom stereocenters. The summed E-state index contributed by atoms with van der Waals surface area (Å²) in [7, 11) is 0. The van der Waals surface area contributed by atoms with Crippen LogP contribution in [-0.2, 0) is 4.79 Å². The molecule has 0 aliphatic carbocycles. The summed E-state index contributed by atoms with van der Waals surface area (Å²) < 4.78 is 15.0. The normalized spacial score (nSPS) is 19.0. The number of para-hydroxylation sites is 1. The van der Waals surface area contributed by atoms with Crippen molar-refractivity contribution in [1.82, 2.24) is 14.8 Å². The molecule has 0 radical (unpaired) electrons. The number of fused-ring (bicyclic) bond motifs is 1. The number of piperazine rings is 1. The quantitative estimate of drug-likeness (QED) is 0.377. The Morgan fingerprint density at radius 2 is 1.90 bits per heavy atom. The lowest BCUT2D eigenvalue weighted by Gasteiger charge is -2.46. The maximum atomic E-state index is 15.0. The third-order valence-electron chi connectivity index (χ3n) is 7.61. The van der Waals surface area contributed by atoms with Gasteiger partial charge in [-0.15, -0.1) is 0 Å². The SMILES string of the molecule is C=CC(=O)N1C[C@H](C)N(C2=NCN(c3ccccc3C(C)C)c3nc(-c4c(O)cccc4F)c(Cl)cc32)C[C@H]1C. The predicted octanol–water partition coefficient (Wildman–Crippen LogP) is 6.33. The number of amidine groups is 1. The molecule has 0 bridgehead atoms. The Morgan fingerprint density at radius 1 is 1.15 bits per heavy atom. The van der Waals surface area contributed by atoms with Gasteiger partial charge in [0.2, 0.25) is 5.91 Å². The van der Waals surface area contributed by atoms with Gasteiger partial charge < -0.3 is 19.8 Å². The Hall–Kier alpha value is -3.91. The van der Waals surface area contributed by atoms with E-state index in [2.05, 4.69) is 38.3 Å². The van der Waals surface area contributed by atoms with Gasteiger partial charge in [0.15, 0.2) is 0 Å². The number of phenols is 1. The molecule has 40 heavy (non-hydrogen) atoms. The standard InChI is InChI=1S/C31H33ClFN5O2/c1-6-27(40)36-15-20(5)37(16-19(36)4)30-22-14-23(32)29(28-24(33)11-9-13-26(28)39)35-31(22)38(17-34-30)25-12-8-7-10-21(25)18(2)3/h6-14,18-20,39H,1,15-17H2,2-5H3/t19-,20+/m1/s1. The van der Waals surface area contributed by atoms with Gasteiger partial charge in [-0.3, -0.25) is 4.79 Å². The molecule has 1 amide bonds. The molecule has 1 fully saturated rings. The predicted molar refractivity (Wildman–Crippen MR) is 158 cm³/mol. The van der Waals surface area contributed by atoms with Crippen LogP contribution in [0.3, 0.4) is 0 Å². The molecule has 208 valence electrons. The van der Waals surface area contributed by atoms with Crippen molar-refractivity contribution in [3.05, 3.63) is 83.2 Å². The average molecular weight is 562 g/mol. The topological polar surface area (TPSA) is 72.3 Å². The number of benzene rings is 2. The summed E-state index contributed by atoms with van der Waals surface area (Å²) in [5, 5.41) is 10.8. The highest BCUT2D eigenvalue weighted by molar-refractivity contribution is 6.33. The highest BCUT2D eigenvalue weighted by atomic mass is 35.5. The Morgan fingerprint density at radius 3 is 2.60 bits per heavy atom. The van der Waals surface area contributed by atoms with Crippen LogP contribution in [0.25, 0.3) is 11.3 Å². The average Bonchev–Trinajstić information content (AvgIpc) is 2.93. The van der Waals surface area contributed by atoms with Crippen molar-refractivity contribution in [2.75, 3.05) is 24.7 Å². The largest absolute Gasteiger partial charge is 0.507 e. The van der Waals surface area contributed by atoms with Crippen LogP contribution in [0.2, 0.25) is 5.02 Å². The van der Waals surface area contributed by atoms with Crippen LogP contribution >= 0.6 is 11.6 Å². The Bertz CT molecular complexity index is 1490. The second kappa shape index (κ2) is 10.9. The van der Waals surface area contributed by atoms with Crippen molar-refractivity contribution in [2.24, 2.45) is 4.99 Å². The lowest BCUT2D eigenvalue weighted by Crippen LogP contribution is -2.59. The van der Waals surface area contributed by atoms with E-state index >= 15 is 0 Å². The summed E-state index contributed by atoms with van der Waals surface area (Å²) in [6, 6.07) is 13.9. The van der Waals surface area contributed by atoms with Gasteiger partial charge in [0.05, 0.1) is 21.8 Å². The van der Waals surface area contributed by atoms with E-state index in [0.717, 1.165) is 17.1 Å². The number of rotatable bonds is 4.